The molecule has 0 aromatic heterocycles. The fourth-order valence-electron chi connectivity index (χ4n) is 3.99. The molecule has 4 aliphatic rings. The number of morpholine rings is 1. The first-order valence-corrected chi connectivity index (χ1v) is 10.3. The molecule has 1 saturated heterocycles. The predicted octanol–water partition coefficient (Wildman–Crippen LogP) is 1.36. The van der Waals surface area contributed by atoms with Crippen molar-refractivity contribution in [3.05, 3.63) is 36.4 Å². The Morgan fingerprint density at radius 2 is 1.56 bits per heavy atom. The van der Waals surface area contributed by atoms with Crippen LogP contribution in [0.1, 0.15) is 0 Å². The summed E-state index contributed by atoms with van der Waals surface area (Å²) in [5, 5.41) is 3.44. The summed E-state index contributed by atoms with van der Waals surface area (Å²) in [7, 11) is 0. The SMILES string of the molecule is NC1=NC(Nc2ccc3c(c2)OCO3)N(c2ccc3c(c2)OCO3)C(N2CCOCC2)=N1. The molecule has 0 spiro atoms. The molecule has 11 nitrogen and oxygen atoms in total. The van der Waals surface area contributed by atoms with Crippen molar-refractivity contribution in [3.8, 4) is 23.0 Å². The molecule has 32 heavy (non-hydrogen) atoms. The van der Waals surface area contributed by atoms with Crippen LogP contribution in [0.2, 0.25) is 0 Å². The van der Waals surface area contributed by atoms with Gasteiger partial charge in [-0.3, -0.25) is 4.90 Å². The number of anilines is 2. The van der Waals surface area contributed by atoms with Gasteiger partial charge >= 0.3 is 0 Å². The van der Waals surface area contributed by atoms with E-state index < -0.39 is 6.29 Å². The van der Waals surface area contributed by atoms with E-state index in [4.69, 9.17) is 29.4 Å². The lowest BCUT2D eigenvalue weighted by molar-refractivity contribution is 0.0671. The van der Waals surface area contributed by atoms with Crippen molar-refractivity contribution in [2.24, 2.45) is 15.7 Å². The number of benzene rings is 2. The first-order chi connectivity index (χ1) is 15.7. The summed E-state index contributed by atoms with van der Waals surface area (Å²) in [6.45, 7) is 3.04. The molecular weight excluding hydrogens is 416 g/mol. The number of fused-ring (bicyclic) bond motifs is 2. The highest BCUT2D eigenvalue weighted by Crippen LogP contribution is 2.38. The number of rotatable bonds is 3. The monoisotopic (exact) mass is 438 g/mol. The van der Waals surface area contributed by atoms with Crippen molar-refractivity contribution >= 4 is 23.3 Å². The molecule has 2 aromatic rings. The van der Waals surface area contributed by atoms with Crippen LogP contribution >= 0.6 is 0 Å². The van der Waals surface area contributed by atoms with E-state index >= 15 is 0 Å². The standard InChI is InChI=1S/C21H22N6O5/c22-19-24-20(23-13-1-3-15-17(9-13)31-11-29-15)27(21(25-19)26-5-7-28-8-6-26)14-2-4-16-18(10-14)32-12-30-16/h1-4,9-10,20,23H,5-8,11-12H2,(H2,22,24). The molecule has 0 bridgehead atoms. The van der Waals surface area contributed by atoms with E-state index in [2.05, 4.69) is 20.2 Å². The maximum absolute atomic E-state index is 6.15. The summed E-state index contributed by atoms with van der Waals surface area (Å²) in [4.78, 5) is 13.3. The van der Waals surface area contributed by atoms with Gasteiger partial charge in [-0.1, -0.05) is 0 Å². The maximum Gasteiger partial charge on any atom is 0.231 e. The summed E-state index contributed by atoms with van der Waals surface area (Å²) in [6.07, 6.45) is -0.550. The summed E-state index contributed by atoms with van der Waals surface area (Å²) in [6, 6.07) is 11.4. The van der Waals surface area contributed by atoms with Gasteiger partial charge < -0.3 is 39.6 Å². The van der Waals surface area contributed by atoms with Crippen LogP contribution < -0.4 is 34.9 Å². The van der Waals surface area contributed by atoms with Crippen LogP contribution in [-0.2, 0) is 4.74 Å². The van der Waals surface area contributed by atoms with E-state index in [0.29, 0.717) is 55.3 Å². The molecule has 1 unspecified atom stereocenters. The molecule has 1 atom stereocenters. The number of nitrogens with zero attached hydrogens (tertiary/aromatic N) is 4. The molecule has 0 amide bonds. The summed E-state index contributed by atoms with van der Waals surface area (Å²) in [5.74, 6) is 3.66. The number of nitrogens with two attached hydrogens (primary N) is 1. The van der Waals surface area contributed by atoms with Crippen molar-refractivity contribution in [3.63, 3.8) is 0 Å². The molecule has 166 valence electrons. The van der Waals surface area contributed by atoms with Gasteiger partial charge in [-0.15, -0.1) is 0 Å². The zero-order valence-corrected chi connectivity index (χ0v) is 17.2. The summed E-state index contributed by atoms with van der Waals surface area (Å²) >= 11 is 0. The van der Waals surface area contributed by atoms with Crippen molar-refractivity contribution in [2.45, 2.75) is 6.29 Å². The van der Waals surface area contributed by atoms with Gasteiger partial charge in [0.2, 0.25) is 31.8 Å². The van der Waals surface area contributed by atoms with Crippen LogP contribution in [0.5, 0.6) is 23.0 Å². The van der Waals surface area contributed by atoms with Gasteiger partial charge in [-0.05, 0) is 24.3 Å². The van der Waals surface area contributed by atoms with Crippen LogP contribution in [0.15, 0.2) is 46.4 Å². The van der Waals surface area contributed by atoms with Crippen molar-refractivity contribution < 1.29 is 23.7 Å². The lowest BCUT2D eigenvalue weighted by Gasteiger charge is -2.41. The Morgan fingerprint density at radius 1 is 0.875 bits per heavy atom. The first kappa shape index (κ1) is 18.9. The number of aliphatic imine (C=N–C) groups is 2. The van der Waals surface area contributed by atoms with E-state index in [1.54, 1.807) is 0 Å². The lowest BCUT2D eigenvalue weighted by Crippen LogP contribution is -2.57. The normalized spacial score (nSPS) is 21.3. The number of hydrogen-bond acceptors (Lipinski definition) is 11. The van der Waals surface area contributed by atoms with Crippen molar-refractivity contribution in [2.75, 3.05) is 50.1 Å². The largest absolute Gasteiger partial charge is 0.454 e. The van der Waals surface area contributed by atoms with Crippen molar-refractivity contribution in [1.29, 1.82) is 0 Å². The van der Waals surface area contributed by atoms with Crippen LogP contribution in [0.3, 0.4) is 0 Å². The summed E-state index contributed by atoms with van der Waals surface area (Å²) < 4.78 is 27.5. The van der Waals surface area contributed by atoms with Gasteiger partial charge in [0.1, 0.15) is 0 Å². The zero-order valence-electron chi connectivity index (χ0n) is 17.2. The highest BCUT2D eigenvalue weighted by atomic mass is 16.7. The van der Waals surface area contributed by atoms with E-state index in [0.717, 1.165) is 11.4 Å². The molecule has 0 aliphatic carbocycles. The molecule has 4 aliphatic heterocycles. The minimum atomic E-state index is -0.550. The van der Waals surface area contributed by atoms with Crippen molar-refractivity contribution in [1.82, 2.24) is 4.90 Å². The van der Waals surface area contributed by atoms with E-state index in [9.17, 15) is 0 Å². The van der Waals surface area contributed by atoms with E-state index in [-0.39, 0.29) is 19.5 Å². The Kier molecular flexibility index (Phi) is 4.53. The van der Waals surface area contributed by atoms with Crippen LogP contribution in [0.25, 0.3) is 0 Å². The third kappa shape index (κ3) is 3.36. The molecule has 4 heterocycles. The molecule has 3 N–H and O–H groups in total. The average molecular weight is 438 g/mol. The highest BCUT2D eigenvalue weighted by molar-refractivity contribution is 6.06. The van der Waals surface area contributed by atoms with Crippen LogP contribution in [0, 0.1) is 0 Å². The third-order valence-corrected chi connectivity index (χ3v) is 5.53. The van der Waals surface area contributed by atoms with Crippen LogP contribution in [0.4, 0.5) is 11.4 Å². The second-order valence-corrected chi connectivity index (χ2v) is 7.49. The minimum absolute atomic E-state index is 0.196. The molecular formula is C21H22N6O5. The van der Waals surface area contributed by atoms with E-state index in [1.807, 2.05) is 41.3 Å². The molecule has 11 heteroatoms. The Morgan fingerprint density at radius 3 is 2.34 bits per heavy atom. The Labute approximate surface area is 184 Å². The second kappa shape index (κ2) is 7.68. The van der Waals surface area contributed by atoms with Crippen LogP contribution in [-0.4, -0.2) is 63.0 Å². The van der Waals surface area contributed by atoms with E-state index in [1.165, 1.54) is 0 Å². The molecule has 6 rings (SSSR count). The predicted molar refractivity (Wildman–Crippen MR) is 116 cm³/mol. The number of hydrogen-bond donors (Lipinski definition) is 2. The van der Waals surface area contributed by atoms with Gasteiger partial charge in [0.25, 0.3) is 0 Å². The van der Waals surface area contributed by atoms with Gasteiger partial charge in [-0.2, -0.15) is 4.99 Å². The molecule has 1 fully saturated rings. The maximum atomic E-state index is 6.15. The first-order valence-electron chi connectivity index (χ1n) is 10.3. The smallest absolute Gasteiger partial charge is 0.231 e. The topological polar surface area (TPSA) is 115 Å². The Hall–Kier alpha value is -3.86. The number of guanidine groups is 2. The molecule has 0 saturated carbocycles. The second-order valence-electron chi connectivity index (χ2n) is 7.49. The zero-order chi connectivity index (χ0) is 21.5. The third-order valence-electron chi connectivity index (χ3n) is 5.53. The van der Waals surface area contributed by atoms with Gasteiger partial charge in [0.05, 0.1) is 18.9 Å². The fraction of sp³-hybridized carbons (Fsp3) is 0.333. The minimum Gasteiger partial charge on any atom is -0.454 e. The van der Waals surface area contributed by atoms with Gasteiger partial charge in [0.15, 0.2) is 23.0 Å². The number of nitrogens with one attached hydrogen (secondary N) is 1. The van der Waals surface area contributed by atoms with Gasteiger partial charge in [-0.25, -0.2) is 4.99 Å². The van der Waals surface area contributed by atoms with Gasteiger partial charge in [0, 0.05) is 30.9 Å². The fourth-order valence-corrected chi connectivity index (χ4v) is 3.99. The Bertz CT molecular complexity index is 1100. The quantitative estimate of drug-likeness (QED) is 0.733. The number of ether oxygens (including phenoxy) is 5. The lowest BCUT2D eigenvalue weighted by atomic mass is 10.2. The average Bonchev–Trinajstić information content (AvgIpc) is 3.48. The highest BCUT2D eigenvalue weighted by Gasteiger charge is 2.33. The molecule has 0 radical (unpaired) electrons. The Balaban J connectivity index is 1.38. The molecule has 2 aromatic carbocycles. The summed E-state index contributed by atoms with van der Waals surface area (Å²) in [5.41, 5.74) is 7.80.